The molecule has 1 atom stereocenters. The van der Waals surface area contributed by atoms with Gasteiger partial charge in [-0.25, -0.2) is 4.79 Å². The first-order valence-electron chi connectivity index (χ1n) is 7.01. The number of nitrogens with one attached hydrogen (secondary N) is 1. The molecule has 1 fully saturated rings. The van der Waals surface area contributed by atoms with E-state index in [1.807, 2.05) is 0 Å². The molecular weight excluding hydrogens is 246 g/mol. The van der Waals surface area contributed by atoms with Crippen molar-refractivity contribution in [2.24, 2.45) is 5.92 Å². The molecular formula is C14H25NO4. The Kier molecular flexibility index (Phi) is 6.28. The highest BCUT2D eigenvalue weighted by Gasteiger charge is 2.34. The first-order chi connectivity index (χ1) is 8.98. The summed E-state index contributed by atoms with van der Waals surface area (Å²) in [6.07, 6.45) is 7.45. The summed E-state index contributed by atoms with van der Waals surface area (Å²) in [5.41, 5.74) is -1.33. The molecule has 1 amide bonds. The second-order valence-electron chi connectivity index (χ2n) is 5.66. The number of carboxylic acid groups (broad SMARTS) is 1. The van der Waals surface area contributed by atoms with Crippen LogP contribution in [0.2, 0.25) is 0 Å². The van der Waals surface area contributed by atoms with E-state index >= 15 is 0 Å². The van der Waals surface area contributed by atoms with Crippen LogP contribution in [0.4, 0.5) is 0 Å². The average molecular weight is 271 g/mol. The summed E-state index contributed by atoms with van der Waals surface area (Å²) in [4.78, 5) is 23.0. The minimum atomic E-state index is -1.33. The number of carboxylic acids is 1. The maximum atomic E-state index is 11.9. The SMILES string of the molecule is COCC(C)(NC(=O)CCC1CCCCC1)C(=O)O. The van der Waals surface area contributed by atoms with E-state index in [0.717, 1.165) is 6.42 Å². The van der Waals surface area contributed by atoms with Crippen molar-refractivity contribution in [1.82, 2.24) is 5.32 Å². The summed E-state index contributed by atoms with van der Waals surface area (Å²) in [6.45, 7) is 1.44. The van der Waals surface area contributed by atoms with Gasteiger partial charge in [-0.3, -0.25) is 4.79 Å². The molecule has 0 aromatic rings. The third-order valence-electron chi connectivity index (χ3n) is 3.82. The molecule has 1 aliphatic rings. The van der Waals surface area contributed by atoms with Crippen LogP contribution in [-0.2, 0) is 14.3 Å². The van der Waals surface area contributed by atoms with Crippen molar-refractivity contribution in [3.63, 3.8) is 0 Å². The molecule has 0 aromatic carbocycles. The highest BCUT2D eigenvalue weighted by molar-refractivity contribution is 5.86. The van der Waals surface area contributed by atoms with E-state index in [4.69, 9.17) is 9.84 Å². The van der Waals surface area contributed by atoms with Gasteiger partial charge in [-0.1, -0.05) is 32.1 Å². The Hall–Kier alpha value is -1.10. The Morgan fingerprint density at radius 3 is 2.47 bits per heavy atom. The molecule has 1 rings (SSSR count). The van der Waals surface area contributed by atoms with Crippen LogP contribution in [0.5, 0.6) is 0 Å². The minimum absolute atomic E-state index is 0.0303. The van der Waals surface area contributed by atoms with Crippen molar-refractivity contribution < 1.29 is 19.4 Å². The lowest BCUT2D eigenvalue weighted by Gasteiger charge is -2.26. The van der Waals surface area contributed by atoms with Gasteiger partial charge in [0.15, 0.2) is 5.54 Å². The maximum Gasteiger partial charge on any atom is 0.331 e. The Balaban J connectivity index is 2.37. The lowest BCUT2D eigenvalue weighted by Crippen LogP contribution is -2.55. The summed E-state index contributed by atoms with van der Waals surface area (Å²) in [7, 11) is 1.43. The van der Waals surface area contributed by atoms with Crippen LogP contribution < -0.4 is 5.32 Å². The maximum absolute atomic E-state index is 11.9. The van der Waals surface area contributed by atoms with Crippen LogP contribution in [0.15, 0.2) is 0 Å². The number of methoxy groups -OCH3 is 1. The smallest absolute Gasteiger partial charge is 0.331 e. The predicted molar refractivity (Wildman–Crippen MR) is 71.9 cm³/mol. The second-order valence-corrected chi connectivity index (χ2v) is 5.66. The standard InChI is InChI=1S/C14H25NO4/c1-14(10-19-2,13(17)18)15-12(16)9-8-11-6-4-3-5-7-11/h11H,3-10H2,1-2H3,(H,15,16)(H,17,18). The fourth-order valence-corrected chi connectivity index (χ4v) is 2.62. The number of amides is 1. The number of carbonyl (C=O) groups is 2. The molecule has 0 aromatic heterocycles. The van der Waals surface area contributed by atoms with Gasteiger partial charge in [0, 0.05) is 13.5 Å². The van der Waals surface area contributed by atoms with E-state index in [-0.39, 0.29) is 12.5 Å². The molecule has 5 heteroatoms. The van der Waals surface area contributed by atoms with Crippen molar-refractivity contribution in [3.8, 4) is 0 Å². The molecule has 5 nitrogen and oxygen atoms in total. The normalized spacial score (nSPS) is 19.7. The third kappa shape index (κ3) is 5.19. The molecule has 1 aliphatic carbocycles. The van der Waals surface area contributed by atoms with E-state index in [0.29, 0.717) is 12.3 Å². The van der Waals surface area contributed by atoms with Gasteiger partial charge < -0.3 is 15.2 Å². The molecule has 0 bridgehead atoms. The van der Waals surface area contributed by atoms with Crippen LogP contribution in [0.1, 0.15) is 51.9 Å². The number of aliphatic carboxylic acids is 1. The van der Waals surface area contributed by atoms with Gasteiger partial charge in [0.25, 0.3) is 0 Å². The van der Waals surface area contributed by atoms with Crippen molar-refractivity contribution in [2.75, 3.05) is 13.7 Å². The summed E-state index contributed by atoms with van der Waals surface area (Å²) < 4.78 is 4.87. The topological polar surface area (TPSA) is 75.6 Å². The molecule has 1 saturated carbocycles. The monoisotopic (exact) mass is 271 g/mol. The summed E-state index contributed by atoms with van der Waals surface area (Å²) in [6, 6.07) is 0. The third-order valence-corrected chi connectivity index (χ3v) is 3.82. The van der Waals surface area contributed by atoms with E-state index in [2.05, 4.69) is 5.32 Å². The fraction of sp³-hybridized carbons (Fsp3) is 0.857. The number of hydrogen-bond acceptors (Lipinski definition) is 3. The molecule has 1 unspecified atom stereocenters. The van der Waals surface area contributed by atoms with E-state index in [1.165, 1.54) is 46.1 Å². The Bertz CT molecular complexity index is 313. The van der Waals surface area contributed by atoms with Gasteiger partial charge in [-0.2, -0.15) is 0 Å². The van der Waals surface area contributed by atoms with Crippen molar-refractivity contribution in [3.05, 3.63) is 0 Å². The number of carbonyl (C=O) groups excluding carboxylic acids is 1. The zero-order valence-corrected chi connectivity index (χ0v) is 11.9. The highest BCUT2D eigenvalue weighted by atomic mass is 16.5. The molecule has 0 saturated heterocycles. The molecule has 110 valence electrons. The van der Waals surface area contributed by atoms with Gasteiger partial charge in [-0.05, 0) is 19.3 Å². The fourth-order valence-electron chi connectivity index (χ4n) is 2.62. The Morgan fingerprint density at radius 2 is 1.95 bits per heavy atom. The van der Waals surface area contributed by atoms with Gasteiger partial charge in [-0.15, -0.1) is 0 Å². The van der Waals surface area contributed by atoms with Crippen molar-refractivity contribution in [1.29, 1.82) is 0 Å². The van der Waals surface area contributed by atoms with E-state index < -0.39 is 11.5 Å². The van der Waals surface area contributed by atoms with Crippen LogP contribution in [0, 0.1) is 5.92 Å². The number of rotatable bonds is 7. The number of ether oxygens (including phenoxy) is 1. The van der Waals surface area contributed by atoms with Crippen molar-refractivity contribution >= 4 is 11.9 Å². The average Bonchev–Trinajstić information content (AvgIpc) is 2.37. The second kappa shape index (κ2) is 7.48. The zero-order chi connectivity index (χ0) is 14.3. The van der Waals surface area contributed by atoms with Crippen molar-refractivity contribution in [2.45, 2.75) is 57.4 Å². The molecule has 0 aliphatic heterocycles. The predicted octanol–water partition coefficient (Wildman–Crippen LogP) is 1.95. The van der Waals surface area contributed by atoms with Gasteiger partial charge in [0.2, 0.25) is 5.91 Å². The summed E-state index contributed by atoms with van der Waals surface area (Å²) in [5.74, 6) is -0.647. The highest BCUT2D eigenvalue weighted by Crippen LogP contribution is 2.27. The molecule has 0 spiro atoms. The number of hydrogen-bond donors (Lipinski definition) is 2. The van der Waals surface area contributed by atoms with Gasteiger partial charge >= 0.3 is 5.97 Å². The summed E-state index contributed by atoms with van der Waals surface area (Å²) in [5, 5.41) is 11.7. The largest absolute Gasteiger partial charge is 0.479 e. The van der Waals surface area contributed by atoms with Gasteiger partial charge in [0.1, 0.15) is 0 Å². The minimum Gasteiger partial charge on any atom is -0.479 e. The molecule has 0 heterocycles. The van der Waals surface area contributed by atoms with E-state index in [1.54, 1.807) is 0 Å². The quantitative estimate of drug-likeness (QED) is 0.742. The zero-order valence-electron chi connectivity index (χ0n) is 11.9. The molecule has 0 radical (unpaired) electrons. The first kappa shape index (κ1) is 16.0. The Morgan fingerprint density at radius 1 is 1.32 bits per heavy atom. The van der Waals surface area contributed by atoms with Crippen LogP contribution in [0.3, 0.4) is 0 Å². The van der Waals surface area contributed by atoms with Gasteiger partial charge in [0.05, 0.1) is 6.61 Å². The van der Waals surface area contributed by atoms with Crippen LogP contribution in [-0.4, -0.2) is 36.2 Å². The van der Waals surface area contributed by atoms with Crippen LogP contribution in [0.25, 0.3) is 0 Å². The van der Waals surface area contributed by atoms with E-state index in [9.17, 15) is 9.59 Å². The summed E-state index contributed by atoms with van der Waals surface area (Å²) >= 11 is 0. The van der Waals surface area contributed by atoms with Crippen LogP contribution >= 0.6 is 0 Å². The first-order valence-corrected chi connectivity index (χ1v) is 7.01. The lowest BCUT2D eigenvalue weighted by molar-refractivity contribution is -0.149. The Labute approximate surface area is 114 Å². The molecule has 2 N–H and O–H groups in total. The lowest BCUT2D eigenvalue weighted by atomic mass is 9.86. The molecule has 19 heavy (non-hydrogen) atoms.